The molecule has 0 unspecified atom stereocenters. The van der Waals surface area contributed by atoms with Gasteiger partial charge in [0.15, 0.2) is 5.82 Å². The summed E-state index contributed by atoms with van der Waals surface area (Å²) in [4.78, 5) is 0. The maximum absolute atomic E-state index is 3.85. The first kappa shape index (κ1) is 7.21. The van der Waals surface area contributed by atoms with Crippen molar-refractivity contribution in [1.29, 1.82) is 0 Å². The molecule has 1 aromatic heterocycles. The Morgan fingerprint density at radius 3 is 2.83 bits per heavy atom. The van der Waals surface area contributed by atoms with Crippen molar-refractivity contribution in [3.63, 3.8) is 0 Å². The zero-order chi connectivity index (χ0) is 8.39. The van der Waals surface area contributed by atoms with Crippen LogP contribution >= 0.6 is 0 Å². The third kappa shape index (κ3) is 1.28. The van der Waals surface area contributed by atoms with Crippen molar-refractivity contribution in [2.75, 3.05) is 0 Å². The van der Waals surface area contributed by atoms with Gasteiger partial charge in [0.05, 0.1) is 0 Å². The van der Waals surface area contributed by atoms with Gasteiger partial charge in [-0.2, -0.15) is 0 Å². The van der Waals surface area contributed by atoms with Gasteiger partial charge >= 0.3 is 0 Å². The topological polar surface area (TPSA) is 54.5 Å². The molecule has 0 aliphatic heterocycles. The Morgan fingerprint density at radius 1 is 1.33 bits per heavy atom. The lowest BCUT2D eigenvalue weighted by atomic mass is 9.99. The fraction of sp³-hybridized carbons (Fsp3) is 0.375. The molecule has 0 radical (unpaired) electrons. The van der Waals surface area contributed by atoms with Crippen molar-refractivity contribution in [1.82, 2.24) is 20.6 Å². The van der Waals surface area contributed by atoms with E-state index in [0.717, 1.165) is 18.7 Å². The molecule has 0 bridgehead atoms. The van der Waals surface area contributed by atoms with E-state index in [4.69, 9.17) is 0 Å². The Hall–Kier alpha value is -1.45. The summed E-state index contributed by atoms with van der Waals surface area (Å²) < 4.78 is 0. The van der Waals surface area contributed by atoms with Crippen LogP contribution in [0.2, 0.25) is 0 Å². The van der Waals surface area contributed by atoms with Gasteiger partial charge in [0.25, 0.3) is 0 Å². The second-order valence-electron chi connectivity index (χ2n) is 2.95. The number of nitrogens with one attached hydrogen (secondary N) is 1. The Bertz CT molecular complexity index is 321. The molecule has 0 fully saturated rings. The van der Waals surface area contributed by atoms with Crippen molar-refractivity contribution in [2.45, 2.75) is 19.8 Å². The number of H-pyrrole nitrogens is 1. The zero-order valence-electron chi connectivity index (χ0n) is 6.91. The third-order valence-electron chi connectivity index (χ3n) is 2.01. The highest BCUT2D eigenvalue weighted by Crippen LogP contribution is 2.22. The van der Waals surface area contributed by atoms with E-state index in [0.29, 0.717) is 0 Å². The molecular formula is C8H10N4. The number of rotatable bonds is 1. The number of hydrogen-bond donors (Lipinski definition) is 1. The van der Waals surface area contributed by atoms with Crippen molar-refractivity contribution >= 4 is 5.57 Å². The first-order chi connectivity index (χ1) is 5.86. The lowest BCUT2D eigenvalue weighted by molar-refractivity contribution is 0.881. The van der Waals surface area contributed by atoms with E-state index in [1.165, 1.54) is 11.1 Å². The molecule has 0 spiro atoms. The van der Waals surface area contributed by atoms with Crippen molar-refractivity contribution in [2.24, 2.45) is 0 Å². The average molecular weight is 162 g/mol. The maximum atomic E-state index is 3.85. The van der Waals surface area contributed by atoms with E-state index >= 15 is 0 Å². The van der Waals surface area contributed by atoms with E-state index in [9.17, 15) is 0 Å². The van der Waals surface area contributed by atoms with E-state index in [1.54, 1.807) is 0 Å². The average Bonchev–Trinajstić information content (AvgIpc) is 2.58. The van der Waals surface area contributed by atoms with Gasteiger partial charge in [-0.3, -0.25) is 0 Å². The highest BCUT2D eigenvalue weighted by Gasteiger charge is 2.08. The molecule has 62 valence electrons. The van der Waals surface area contributed by atoms with Crippen LogP contribution in [0.1, 0.15) is 25.6 Å². The molecule has 0 saturated heterocycles. The largest absolute Gasteiger partial charge is 0.239 e. The lowest BCUT2D eigenvalue weighted by Crippen LogP contribution is -1.93. The zero-order valence-corrected chi connectivity index (χ0v) is 6.91. The number of nitrogens with zero attached hydrogens (tertiary/aromatic N) is 3. The smallest absolute Gasteiger partial charge is 0.175 e. The van der Waals surface area contributed by atoms with Gasteiger partial charge in [-0.25, -0.2) is 5.10 Å². The van der Waals surface area contributed by atoms with Gasteiger partial charge in [0, 0.05) is 0 Å². The molecule has 0 amide bonds. The van der Waals surface area contributed by atoms with Crippen LogP contribution < -0.4 is 0 Å². The Labute approximate surface area is 70.4 Å². The summed E-state index contributed by atoms with van der Waals surface area (Å²) in [5.41, 5.74) is 2.59. The first-order valence-electron chi connectivity index (χ1n) is 3.97. The lowest BCUT2D eigenvalue weighted by Gasteiger charge is -2.07. The number of allylic oxidation sites excluding steroid dienone is 4. The van der Waals surface area contributed by atoms with Gasteiger partial charge < -0.3 is 0 Å². The molecule has 2 rings (SSSR count). The van der Waals surface area contributed by atoms with Gasteiger partial charge in [-0.15, -0.1) is 5.10 Å². The van der Waals surface area contributed by atoms with Crippen LogP contribution in [0, 0.1) is 0 Å². The highest BCUT2D eigenvalue weighted by molar-refractivity contribution is 5.62. The summed E-state index contributed by atoms with van der Waals surface area (Å²) in [5.74, 6) is 0.791. The van der Waals surface area contributed by atoms with Crippen LogP contribution in [0.5, 0.6) is 0 Å². The van der Waals surface area contributed by atoms with Crippen LogP contribution in [0.3, 0.4) is 0 Å². The molecular weight excluding hydrogens is 152 g/mol. The van der Waals surface area contributed by atoms with Crippen molar-refractivity contribution < 1.29 is 0 Å². The predicted octanol–water partition coefficient (Wildman–Crippen LogP) is 1.32. The minimum Gasteiger partial charge on any atom is -0.239 e. The minimum atomic E-state index is 0.791. The van der Waals surface area contributed by atoms with Crippen LogP contribution in [-0.4, -0.2) is 20.6 Å². The van der Waals surface area contributed by atoms with Gasteiger partial charge in [-0.05, 0) is 35.8 Å². The summed E-state index contributed by atoms with van der Waals surface area (Å²) in [5, 5.41) is 13.7. The predicted molar refractivity (Wildman–Crippen MR) is 45.1 cm³/mol. The normalized spacial score (nSPS) is 17.1. The van der Waals surface area contributed by atoms with Crippen LogP contribution in [-0.2, 0) is 0 Å². The van der Waals surface area contributed by atoms with Crippen LogP contribution in [0.15, 0.2) is 17.7 Å². The Balaban J connectivity index is 2.27. The van der Waals surface area contributed by atoms with Crippen molar-refractivity contribution in [3.8, 4) is 0 Å². The molecule has 4 heteroatoms. The van der Waals surface area contributed by atoms with E-state index in [-0.39, 0.29) is 0 Å². The quantitative estimate of drug-likeness (QED) is 0.677. The molecule has 12 heavy (non-hydrogen) atoms. The molecule has 1 aliphatic carbocycles. The third-order valence-corrected chi connectivity index (χ3v) is 2.01. The standard InChI is InChI=1S/C8H10N4/c1-6-2-4-7(5-3-6)8-9-11-12-10-8/h2,4H,3,5H2,1H3,(H,9,10,11,12). The molecule has 0 atom stereocenters. The fourth-order valence-corrected chi connectivity index (χ4v) is 1.23. The number of aromatic nitrogens is 4. The van der Waals surface area contributed by atoms with E-state index in [1.807, 2.05) is 0 Å². The van der Waals surface area contributed by atoms with Crippen LogP contribution in [0.4, 0.5) is 0 Å². The summed E-state index contributed by atoms with van der Waals surface area (Å²) in [6.45, 7) is 2.13. The fourth-order valence-electron chi connectivity index (χ4n) is 1.23. The maximum Gasteiger partial charge on any atom is 0.175 e. The SMILES string of the molecule is CC1=CC=C(c2nnn[nH]2)CC1. The Morgan fingerprint density at radius 2 is 2.25 bits per heavy atom. The molecule has 1 aliphatic rings. The molecule has 4 nitrogen and oxygen atoms in total. The van der Waals surface area contributed by atoms with Gasteiger partial charge in [0.1, 0.15) is 0 Å². The molecule has 0 saturated carbocycles. The first-order valence-corrected chi connectivity index (χ1v) is 3.97. The van der Waals surface area contributed by atoms with Gasteiger partial charge in [0.2, 0.25) is 0 Å². The minimum absolute atomic E-state index is 0.791. The Kier molecular flexibility index (Phi) is 1.74. The molecule has 1 heterocycles. The van der Waals surface area contributed by atoms with Gasteiger partial charge in [-0.1, -0.05) is 17.7 Å². The second kappa shape index (κ2) is 2.89. The van der Waals surface area contributed by atoms with Crippen LogP contribution in [0.25, 0.3) is 5.57 Å². The number of aromatic amines is 1. The van der Waals surface area contributed by atoms with E-state index in [2.05, 4.69) is 39.7 Å². The number of tetrazole rings is 1. The summed E-state index contributed by atoms with van der Waals surface area (Å²) in [6, 6.07) is 0. The summed E-state index contributed by atoms with van der Waals surface area (Å²) >= 11 is 0. The molecule has 0 aromatic carbocycles. The second-order valence-corrected chi connectivity index (χ2v) is 2.95. The molecule has 1 aromatic rings. The van der Waals surface area contributed by atoms with E-state index < -0.39 is 0 Å². The monoisotopic (exact) mass is 162 g/mol. The summed E-state index contributed by atoms with van der Waals surface area (Å²) in [7, 11) is 0. The number of hydrogen-bond acceptors (Lipinski definition) is 3. The molecule has 1 N–H and O–H groups in total. The van der Waals surface area contributed by atoms with Crippen molar-refractivity contribution in [3.05, 3.63) is 23.5 Å². The summed E-state index contributed by atoms with van der Waals surface area (Å²) in [6.07, 6.45) is 6.31. The highest BCUT2D eigenvalue weighted by atomic mass is 15.5.